The fourth-order valence-electron chi connectivity index (χ4n) is 12.1. The highest BCUT2D eigenvalue weighted by molar-refractivity contribution is 6.23. The lowest BCUT2D eigenvalue weighted by Gasteiger charge is -2.44. The Labute approximate surface area is 411 Å². The lowest BCUT2D eigenvalue weighted by atomic mass is 9.71. The molecule has 9 aromatic rings. The van der Waals surface area contributed by atoms with Gasteiger partial charge in [0.2, 0.25) is 0 Å². The molecule has 338 valence electrons. The number of hydrogen-bond donors (Lipinski definition) is 0. The van der Waals surface area contributed by atoms with Crippen LogP contribution in [0.2, 0.25) is 0 Å². The summed E-state index contributed by atoms with van der Waals surface area (Å²) in [5.41, 5.74) is 18.9. The highest BCUT2D eigenvalue weighted by atomic mass is 15.2. The van der Waals surface area contributed by atoms with E-state index in [0.29, 0.717) is 6.54 Å². The molecule has 0 atom stereocenters. The van der Waals surface area contributed by atoms with Crippen molar-refractivity contribution in [2.45, 2.75) is 64.3 Å². The van der Waals surface area contributed by atoms with Crippen LogP contribution in [0.5, 0.6) is 0 Å². The monoisotopic (exact) mass is 902 g/mol. The zero-order chi connectivity index (χ0) is 47.1. The largest absolute Gasteiger partial charge is 0.314 e. The van der Waals surface area contributed by atoms with Gasteiger partial charge in [0.05, 0.1) is 29.3 Å². The van der Waals surface area contributed by atoms with Crippen LogP contribution in [0.3, 0.4) is 0 Å². The molecule has 0 amide bonds. The van der Waals surface area contributed by atoms with Gasteiger partial charge in [0.15, 0.2) is 0 Å². The zero-order valence-corrected chi connectivity index (χ0v) is 40.2. The first kappa shape index (κ1) is 42.1. The van der Waals surface area contributed by atoms with Crippen LogP contribution in [0, 0.1) is 0 Å². The average Bonchev–Trinajstić information content (AvgIpc) is 3.39. The van der Waals surface area contributed by atoms with Gasteiger partial charge >= 0.3 is 0 Å². The number of pyridine rings is 1. The molecule has 3 aliphatic heterocycles. The molecule has 0 saturated heterocycles. The topological polar surface area (TPSA) is 31.7 Å². The predicted octanol–water partition coefficient (Wildman–Crippen LogP) is 17.6. The van der Waals surface area contributed by atoms with Gasteiger partial charge in [0.1, 0.15) is 0 Å². The van der Waals surface area contributed by atoms with Crippen LogP contribution >= 0.6 is 0 Å². The predicted molar refractivity (Wildman–Crippen MR) is 296 cm³/mol. The molecule has 8 aromatic carbocycles. The SMILES string of the molecule is CC1(C)C2=C(CCC=C2)N(c2ccc3c(-c4ccc5c(n4)C/N=C\C=C/C/C=C\5)c4cc(N5c6ccccc6C(C)(C)c6ccccc65)ccc4c(-c4ccc5ccccc5c4)c3c2)c2ccccc21. The molecule has 1 aliphatic carbocycles. The van der Waals surface area contributed by atoms with Crippen molar-refractivity contribution < 1.29 is 0 Å². The quantitative estimate of drug-likeness (QED) is 0.165. The molecule has 4 nitrogen and oxygen atoms in total. The van der Waals surface area contributed by atoms with Crippen molar-refractivity contribution in [2.75, 3.05) is 9.80 Å². The maximum absolute atomic E-state index is 5.62. The number of anilines is 5. The number of hydrogen-bond acceptors (Lipinski definition) is 4. The van der Waals surface area contributed by atoms with E-state index >= 15 is 0 Å². The van der Waals surface area contributed by atoms with Crippen LogP contribution in [0.1, 0.15) is 74.9 Å². The van der Waals surface area contributed by atoms with Crippen molar-refractivity contribution in [3.05, 3.63) is 233 Å². The molecule has 0 radical (unpaired) electrons. The van der Waals surface area contributed by atoms with Crippen LogP contribution in [0.15, 0.2) is 210 Å². The van der Waals surface area contributed by atoms with Crippen LogP contribution in [0.25, 0.3) is 60.8 Å². The summed E-state index contributed by atoms with van der Waals surface area (Å²) >= 11 is 0. The highest BCUT2D eigenvalue weighted by Gasteiger charge is 2.39. The lowest BCUT2D eigenvalue weighted by molar-refractivity contribution is 0.603. The van der Waals surface area contributed by atoms with Gasteiger partial charge < -0.3 is 9.80 Å². The van der Waals surface area contributed by atoms with Crippen molar-refractivity contribution in [2.24, 2.45) is 4.99 Å². The van der Waals surface area contributed by atoms with Gasteiger partial charge in [-0.05, 0) is 151 Å². The van der Waals surface area contributed by atoms with Gasteiger partial charge in [-0.3, -0.25) is 9.98 Å². The Balaban J connectivity index is 1.14. The van der Waals surface area contributed by atoms with E-state index in [4.69, 9.17) is 9.98 Å². The Bertz CT molecular complexity index is 3750. The highest BCUT2D eigenvalue weighted by Crippen LogP contribution is 2.55. The van der Waals surface area contributed by atoms with E-state index in [1.807, 2.05) is 12.3 Å². The number of aromatic nitrogens is 1. The molecular weight excluding hydrogens is 849 g/mol. The van der Waals surface area contributed by atoms with Crippen LogP contribution in [-0.4, -0.2) is 11.2 Å². The smallest absolute Gasteiger partial charge is 0.0818 e. The molecule has 4 aliphatic rings. The van der Waals surface area contributed by atoms with E-state index in [-0.39, 0.29) is 10.8 Å². The van der Waals surface area contributed by atoms with Gasteiger partial charge in [0.25, 0.3) is 0 Å². The summed E-state index contributed by atoms with van der Waals surface area (Å²) in [5, 5.41) is 7.14. The number of nitrogens with zero attached hydrogens (tertiary/aromatic N) is 4. The van der Waals surface area contributed by atoms with E-state index in [1.54, 1.807) is 0 Å². The molecule has 70 heavy (non-hydrogen) atoms. The Morgan fingerprint density at radius 3 is 1.87 bits per heavy atom. The summed E-state index contributed by atoms with van der Waals surface area (Å²) in [4.78, 5) is 15.5. The van der Waals surface area contributed by atoms with E-state index in [1.165, 1.54) is 77.7 Å². The maximum atomic E-state index is 5.62. The fourth-order valence-corrected chi connectivity index (χ4v) is 12.1. The molecular formula is C66H54N4. The minimum atomic E-state index is -0.173. The molecule has 13 rings (SSSR count). The molecule has 0 bridgehead atoms. The Kier molecular flexibility index (Phi) is 9.78. The molecule has 0 unspecified atom stereocenters. The molecule has 0 saturated carbocycles. The van der Waals surface area contributed by atoms with Crippen molar-refractivity contribution in [1.29, 1.82) is 0 Å². The Hall–Kier alpha value is -8.08. The third-order valence-corrected chi connectivity index (χ3v) is 15.6. The van der Waals surface area contributed by atoms with Crippen molar-refractivity contribution in [3.63, 3.8) is 0 Å². The molecule has 1 aromatic heterocycles. The van der Waals surface area contributed by atoms with Crippen molar-refractivity contribution >= 4 is 73.0 Å². The molecule has 4 heteroatoms. The van der Waals surface area contributed by atoms with Crippen molar-refractivity contribution in [3.8, 4) is 22.4 Å². The van der Waals surface area contributed by atoms with E-state index in [0.717, 1.165) is 63.9 Å². The van der Waals surface area contributed by atoms with Gasteiger partial charge in [-0.2, -0.15) is 0 Å². The number of allylic oxidation sites excluding steroid dienone is 7. The van der Waals surface area contributed by atoms with E-state index in [9.17, 15) is 0 Å². The second-order valence-electron chi connectivity index (χ2n) is 20.3. The second kappa shape index (κ2) is 16.3. The average molecular weight is 903 g/mol. The van der Waals surface area contributed by atoms with Gasteiger partial charge in [0, 0.05) is 45.4 Å². The standard InChI is InChI=1S/C66H54N4/c1-65(2)53-22-10-14-26-59(53)69(60-27-15-11-23-54(60)65)47-34-36-50-51(40-47)63(46-31-30-43-19-8-9-21-45(43)39-46)49-35-33-48(70-61-28-16-12-24-55(61)66(3,4)56-25-13-17-29-62(56)70)41-52(49)64(50)57-37-32-44-20-7-5-6-18-38-67-42-58(44)68-57/h6-14,16-26,28-41H,5,15,27,42H2,1-4H3/b18-6-,20-7-,67-38-. The van der Waals surface area contributed by atoms with Gasteiger partial charge in [-0.25, -0.2) is 0 Å². The molecule has 0 fully saturated rings. The van der Waals surface area contributed by atoms with Crippen LogP contribution < -0.4 is 9.80 Å². The third-order valence-electron chi connectivity index (χ3n) is 15.6. The van der Waals surface area contributed by atoms with Gasteiger partial charge in [-0.1, -0.05) is 167 Å². The molecule has 0 spiro atoms. The lowest BCUT2D eigenvalue weighted by Crippen LogP contribution is -2.34. The second-order valence-corrected chi connectivity index (χ2v) is 20.3. The number of aliphatic imine (C=N–C) groups is 1. The van der Waals surface area contributed by atoms with Crippen LogP contribution in [-0.2, 0) is 17.4 Å². The summed E-state index contributed by atoms with van der Waals surface area (Å²) in [7, 11) is 0. The van der Waals surface area contributed by atoms with Crippen LogP contribution in [0.4, 0.5) is 28.4 Å². The normalized spacial score (nSPS) is 17.9. The molecule has 4 heterocycles. The summed E-state index contributed by atoms with van der Waals surface area (Å²) in [6.45, 7) is 9.97. The number of fused-ring (bicyclic) bond motifs is 7. The maximum Gasteiger partial charge on any atom is 0.0818 e. The number of rotatable bonds is 4. The number of benzene rings is 8. The summed E-state index contributed by atoms with van der Waals surface area (Å²) < 4.78 is 0. The number of para-hydroxylation sites is 3. The first-order valence-corrected chi connectivity index (χ1v) is 24.9. The summed E-state index contributed by atoms with van der Waals surface area (Å²) in [6, 6.07) is 61.6. The first-order chi connectivity index (χ1) is 34.3. The van der Waals surface area contributed by atoms with E-state index in [2.05, 4.69) is 232 Å². The summed E-state index contributed by atoms with van der Waals surface area (Å²) in [5.74, 6) is 0. The fraction of sp³-hybridized carbons (Fsp3) is 0.152. The Morgan fingerprint density at radius 1 is 0.500 bits per heavy atom. The Morgan fingerprint density at radius 2 is 1.13 bits per heavy atom. The zero-order valence-electron chi connectivity index (χ0n) is 40.2. The van der Waals surface area contributed by atoms with E-state index < -0.39 is 0 Å². The van der Waals surface area contributed by atoms with Crippen molar-refractivity contribution in [1.82, 2.24) is 4.98 Å². The molecule has 0 N–H and O–H groups in total. The third kappa shape index (κ3) is 6.57. The minimum Gasteiger partial charge on any atom is -0.314 e. The van der Waals surface area contributed by atoms with Gasteiger partial charge in [-0.15, -0.1) is 0 Å². The first-order valence-electron chi connectivity index (χ1n) is 24.9. The minimum absolute atomic E-state index is 0.123. The summed E-state index contributed by atoms with van der Waals surface area (Å²) in [6.07, 6.45) is 18.1.